The van der Waals surface area contributed by atoms with Gasteiger partial charge in [0.25, 0.3) is 0 Å². The normalized spacial score (nSPS) is 12.3. The van der Waals surface area contributed by atoms with E-state index in [1.54, 1.807) is 0 Å². The second-order valence-electron chi connectivity index (χ2n) is 15.2. The zero-order chi connectivity index (χ0) is 39.3. The maximum Gasteiger partial charge on any atom is 0.164 e. The highest BCUT2D eigenvalue weighted by Crippen LogP contribution is 2.50. The lowest BCUT2D eigenvalue weighted by molar-refractivity contribution is 1.03. The summed E-state index contributed by atoms with van der Waals surface area (Å²) in [5.41, 5.74) is 11.9. The van der Waals surface area contributed by atoms with Crippen LogP contribution >= 0.6 is 11.8 Å². The number of fused-ring (bicyclic) bond motifs is 10. The minimum atomic E-state index is 0.622. The predicted octanol–water partition coefficient (Wildman–Crippen LogP) is 13.5. The minimum absolute atomic E-state index is 0.622. The maximum atomic E-state index is 5.35. The van der Waals surface area contributed by atoms with Crippen LogP contribution in [0.15, 0.2) is 204 Å². The first-order valence-corrected chi connectivity index (χ1v) is 20.9. The van der Waals surface area contributed by atoms with Crippen LogP contribution in [0.5, 0.6) is 0 Å². The number of para-hydroxylation sites is 5. The van der Waals surface area contributed by atoms with Gasteiger partial charge in [0, 0.05) is 64.8 Å². The summed E-state index contributed by atoms with van der Waals surface area (Å²) in [7, 11) is 0. The van der Waals surface area contributed by atoms with Gasteiger partial charge >= 0.3 is 0 Å². The van der Waals surface area contributed by atoms with Crippen LogP contribution < -0.4 is 0 Å². The highest BCUT2D eigenvalue weighted by molar-refractivity contribution is 7.99. The second-order valence-corrected chi connectivity index (χ2v) is 16.3. The van der Waals surface area contributed by atoms with Crippen LogP contribution in [-0.4, -0.2) is 28.7 Å². The summed E-state index contributed by atoms with van der Waals surface area (Å²) < 4.78 is 7.22. The van der Waals surface area contributed by atoms with Crippen molar-refractivity contribution in [2.45, 2.75) is 9.79 Å². The number of nitrogens with zero attached hydrogens (tertiary/aromatic N) is 6. The van der Waals surface area contributed by atoms with Crippen molar-refractivity contribution in [2.24, 2.45) is 0 Å². The fraction of sp³-hybridized carbons (Fsp3) is 0. The first kappa shape index (κ1) is 33.3. The molecular formula is C53H32N6S. The summed E-state index contributed by atoms with van der Waals surface area (Å²) in [5.74, 6) is 1.88. The van der Waals surface area contributed by atoms with Crippen LogP contribution in [0.4, 0.5) is 0 Å². The SMILES string of the molecule is c1ccc(-c2nc(-c3ccc(-n4c5ccccc5c5ccccc54)cc3)nc(-c3cccc4c3c3c5cccc6c5n(c3n4-c3ccccc3)-c3ccccc3S6)n2)cc1. The van der Waals surface area contributed by atoms with Crippen LogP contribution in [-0.2, 0) is 0 Å². The summed E-state index contributed by atoms with van der Waals surface area (Å²) >= 11 is 1.84. The second kappa shape index (κ2) is 12.9. The molecule has 0 unspecified atom stereocenters. The van der Waals surface area contributed by atoms with Crippen molar-refractivity contribution < 1.29 is 0 Å². The lowest BCUT2D eigenvalue weighted by Gasteiger charge is -2.21. The molecule has 12 aromatic rings. The third-order valence-corrected chi connectivity index (χ3v) is 13.0. The molecule has 0 fully saturated rings. The molecule has 1 aliphatic rings. The number of rotatable bonds is 5. The van der Waals surface area contributed by atoms with Gasteiger partial charge < -0.3 is 4.57 Å². The molecule has 13 rings (SSSR count). The van der Waals surface area contributed by atoms with Gasteiger partial charge in [0.05, 0.1) is 27.8 Å². The van der Waals surface area contributed by atoms with E-state index in [4.69, 9.17) is 15.0 Å². The third-order valence-electron chi connectivity index (χ3n) is 11.9. The lowest BCUT2D eigenvalue weighted by atomic mass is 10.0. The Balaban J connectivity index is 1.07. The third kappa shape index (κ3) is 4.81. The zero-order valence-corrected chi connectivity index (χ0v) is 32.9. The Morgan fingerprint density at radius 1 is 0.350 bits per heavy atom. The molecule has 1 aliphatic heterocycles. The van der Waals surface area contributed by atoms with E-state index >= 15 is 0 Å². The summed E-state index contributed by atoms with van der Waals surface area (Å²) in [6, 6.07) is 68.7. The Kier molecular flexibility index (Phi) is 7.14. The van der Waals surface area contributed by atoms with Gasteiger partial charge in [0.1, 0.15) is 5.65 Å². The zero-order valence-electron chi connectivity index (χ0n) is 32.1. The van der Waals surface area contributed by atoms with E-state index < -0.39 is 0 Å². The molecule has 0 aliphatic carbocycles. The van der Waals surface area contributed by atoms with Gasteiger partial charge in [0.2, 0.25) is 0 Å². The molecule has 60 heavy (non-hydrogen) atoms. The molecule has 0 amide bonds. The quantitative estimate of drug-likeness (QED) is 0.174. The Labute approximate surface area is 348 Å². The maximum absolute atomic E-state index is 5.35. The van der Waals surface area contributed by atoms with Crippen LogP contribution in [0.2, 0.25) is 0 Å². The van der Waals surface area contributed by atoms with E-state index in [-0.39, 0.29) is 0 Å². The molecule has 5 heterocycles. The monoisotopic (exact) mass is 784 g/mol. The van der Waals surface area contributed by atoms with E-state index in [9.17, 15) is 0 Å². The first-order valence-electron chi connectivity index (χ1n) is 20.1. The molecule has 4 aromatic heterocycles. The lowest BCUT2D eigenvalue weighted by Crippen LogP contribution is -2.05. The predicted molar refractivity (Wildman–Crippen MR) is 246 cm³/mol. The highest BCUT2D eigenvalue weighted by Gasteiger charge is 2.29. The minimum Gasteiger partial charge on any atom is -0.309 e. The molecule has 0 bridgehead atoms. The molecular weight excluding hydrogens is 753 g/mol. The molecule has 0 saturated heterocycles. The van der Waals surface area contributed by atoms with Crippen molar-refractivity contribution in [3.05, 3.63) is 194 Å². The van der Waals surface area contributed by atoms with E-state index in [0.29, 0.717) is 17.5 Å². The Morgan fingerprint density at radius 2 is 0.900 bits per heavy atom. The molecule has 0 N–H and O–H groups in total. The standard InChI is InChI=1S/C53H32N6S/c1-3-15-33(16-4-1)50-54-51(34-29-31-36(32-30-34)57-41-23-9-7-19-37(41)38-20-8-10-24-42(38)57)56-52(55-50)40-22-13-26-44-47(40)48-39-21-14-28-46-49(39)59(43-25-11-12-27-45(43)60-46)53(48)58(44)35-17-5-2-6-18-35/h1-32H. The Bertz CT molecular complexity index is 3620. The molecule has 0 atom stereocenters. The van der Waals surface area contributed by atoms with Crippen molar-refractivity contribution in [3.63, 3.8) is 0 Å². The molecule has 0 radical (unpaired) electrons. The van der Waals surface area contributed by atoms with Crippen molar-refractivity contribution in [2.75, 3.05) is 0 Å². The summed E-state index contributed by atoms with van der Waals surface area (Å²) in [5, 5.41) is 5.96. The fourth-order valence-electron chi connectivity index (χ4n) is 9.34. The Morgan fingerprint density at radius 3 is 1.65 bits per heavy atom. The van der Waals surface area contributed by atoms with E-state index in [0.717, 1.165) is 44.6 Å². The van der Waals surface area contributed by atoms with Gasteiger partial charge in [-0.15, -0.1) is 0 Å². The average molecular weight is 785 g/mol. The average Bonchev–Trinajstić information content (AvgIpc) is 3.96. The fourth-order valence-corrected chi connectivity index (χ4v) is 10.4. The smallest absolute Gasteiger partial charge is 0.164 e. The van der Waals surface area contributed by atoms with E-state index in [1.165, 1.54) is 53.6 Å². The molecule has 6 nitrogen and oxygen atoms in total. The topological polar surface area (TPSA) is 53.5 Å². The molecule has 8 aromatic carbocycles. The van der Waals surface area contributed by atoms with Crippen LogP contribution in [0.3, 0.4) is 0 Å². The van der Waals surface area contributed by atoms with Crippen LogP contribution in [0, 0.1) is 0 Å². The molecule has 0 saturated carbocycles. The van der Waals surface area contributed by atoms with Crippen LogP contribution in [0.25, 0.3) is 106 Å². The highest BCUT2D eigenvalue weighted by atomic mass is 32.2. The number of hydrogen-bond donors (Lipinski definition) is 0. The summed E-state index contributed by atoms with van der Waals surface area (Å²) in [4.78, 5) is 18.3. The largest absolute Gasteiger partial charge is 0.309 e. The van der Waals surface area contributed by atoms with Gasteiger partial charge in [0.15, 0.2) is 17.5 Å². The first-order chi connectivity index (χ1) is 29.8. The van der Waals surface area contributed by atoms with Gasteiger partial charge in [-0.2, -0.15) is 0 Å². The van der Waals surface area contributed by atoms with Crippen molar-refractivity contribution in [1.29, 1.82) is 0 Å². The number of benzene rings is 8. The van der Waals surface area contributed by atoms with Gasteiger partial charge in [-0.1, -0.05) is 133 Å². The van der Waals surface area contributed by atoms with E-state index in [2.05, 4.69) is 190 Å². The summed E-state index contributed by atoms with van der Waals surface area (Å²) in [6.07, 6.45) is 0. The van der Waals surface area contributed by atoms with Crippen molar-refractivity contribution in [3.8, 4) is 51.2 Å². The van der Waals surface area contributed by atoms with Gasteiger partial charge in [-0.25, -0.2) is 15.0 Å². The van der Waals surface area contributed by atoms with Crippen molar-refractivity contribution in [1.82, 2.24) is 28.7 Å². The molecule has 7 heteroatoms. The van der Waals surface area contributed by atoms with Gasteiger partial charge in [-0.05, 0) is 72.8 Å². The number of aromatic nitrogens is 6. The molecule has 0 spiro atoms. The van der Waals surface area contributed by atoms with Gasteiger partial charge in [-0.3, -0.25) is 9.13 Å². The number of hydrogen-bond acceptors (Lipinski definition) is 4. The molecule has 280 valence electrons. The van der Waals surface area contributed by atoms with Crippen LogP contribution in [0.1, 0.15) is 0 Å². The van der Waals surface area contributed by atoms with Crippen molar-refractivity contribution >= 4 is 66.4 Å². The Hall–Kier alpha value is -7.74. The van der Waals surface area contributed by atoms with E-state index in [1.807, 2.05) is 30.0 Å². The summed E-state index contributed by atoms with van der Waals surface area (Å²) in [6.45, 7) is 0.